The topological polar surface area (TPSA) is 15.3 Å². The van der Waals surface area contributed by atoms with Crippen molar-refractivity contribution < 1.29 is 0 Å². The summed E-state index contributed by atoms with van der Waals surface area (Å²) in [5.41, 5.74) is 0. The van der Waals surface area contributed by atoms with Crippen molar-refractivity contribution in [3.8, 4) is 0 Å². The predicted molar refractivity (Wildman–Crippen MR) is 76.4 cm³/mol. The lowest BCUT2D eigenvalue weighted by atomic mass is 9.92. The Bertz CT molecular complexity index is 170. The van der Waals surface area contributed by atoms with E-state index in [1.54, 1.807) is 0 Å². The summed E-state index contributed by atoms with van der Waals surface area (Å²) < 4.78 is 0. The summed E-state index contributed by atoms with van der Waals surface area (Å²) in [5, 5.41) is 3.66. The lowest BCUT2D eigenvalue weighted by Gasteiger charge is -2.32. The zero-order valence-corrected chi connectivity index (χ0v) is 12.2. The first kappa shape index (κ1) is 15.0. The van der Waals surface area contributed by atoms with Crippen molar-refractivity contribution >= 4 is 0 Å². The predicted octanol–water partition coefficient (Wildman–Crippen LogP) is 3.28. The summed E-state index contributed by atoms with van der Waals surface area (Å²) >= 11 is 0. The summed E-state index contributed by atoms with van der Waals surface area (Å²) in [7, 11) is 0. The van der Waals surface area contributed by atoms with E-state index in [2.05, 4.69) is 31.0 Å². The van der Waals surface area contributed by atoms with E-state index in [0.717, 1.165) is 12.0 Å². The fourth-order valence-corrected chi connectivity index (χ4v) is 2.91. The van der Waals surface area contributed by atoms with Crippen LogP contribution in [0.25, 0.3) is 0 Å². The average Bonchev–Trinajstić information content (AvgIpc) is 2.37. The Morgan fingerprint density at radius 1 is 1.12 bits per heavy atom. The van der Waals surface area contributed by atoms with Crippen LogP contribution >= 0.6 is 0 Å². The maximum absolute atomic E-state index is 3.66. The summed E-state index contributed by atoms with van der Waals surface area (Å²) in [6, 6.07) is 0.729. The van der Waals surface area contributed by atoms with Gasteiger partial charge in [0.05, 0.1) is 0 Å². The van der Waals surface area contributed by atoms with E-state index >= 15 is 0 Å². The third kappa shape index (κ3) is 5.87. The Kier molecular flexibility index (Phi) is 7.87. The molecule has 1 aliphatic heterocycles. The fraction of sp³-hybridized carbons (Fsp3) is 1.00. The number of piperidine rings is 1. The quantitative estimate of drug-likeness (QED) is 0.700. The molecule has 0 unspecified atom stereocenters. The molecule has 1 rings (SSSR count). The van der Waals surface area contributed by atoms with Gasteiger partial charge in [0.2, 0.25) is 0 Å². The van der Waals surface area contributed by atoms with Crippen LogP contribution in [-0.2, 0) is 0 Å². The van der Waals surface area contributed by atoms with Gasteiger partial charge in [0, 0.05) is 19.1 Å². The molecule has 0 amide bonds. The molecule has 2 heteroatoms. The number of nitrogens with one attached hydrogen (secondary N) is 1. The monoisotopic (exact) mass is 240 g/mol. The van der Waals surface area contributed by atoms with Crippen LogP contribution < -0.4 is 5.32 Å². The average molecular weight is 240 g/mol. The maximum atomic E-state index is 3.66. The molecule has 0 spiro atoms. The van der Waals surface area contributed by atoms with Gasteiger partial charge in [-0.1, -0.05) is 33.6 Å². The minimum atomic E-state index is 0.729. The van der Waals surface area contributed by atoms with Crippen molar-refractivity contribution in [3.05, 3.63) is 0 Å². The Morgan fingerprint density at radius 3 is 2.29 bits per heavy atom. The maximum Gasteiger partial charge on any atom is 0.0107 e. The number of rotatable bonds is 8. The van der Waals surface area contributed by atoms with Crippen LogP contribution in [0.5, 0.6) is 0 Å². The summed E-state index contributed by atoms with van der Waals surface area (Å²) in [6.07, 6.45) is 8.18. The molecule has 0 aromatic heterocycles. The highest BCUT2D eigenvalue weighted by Crippen LogP contribution is 2.21. The minimum absolute atomic E-state index is 0.729. The molecule has 1 aliphatic rings. The van der Waals surface area contributed by atoms with Gasteiger partial charge in [-0.05, 0) is 44.7 Å². The highest BCUT2D eigenvalue weighted by molar-refractivity contribution is 4.73. The van der Waals surface area contributed by atoms with Crippen LogP contribution in [0.1, 0.15) is 59.3 Å². The van der Waals surface area contributed by atoms with E-state index in [1.165, 1.54) is 64.7 Å². The van der Waals surface area contributed by atoms with Crippen LogP contribution in [0.4, 0.5) is 0 Å². The number of nitrogens with zero attached hydrogens (tertiary/aromatic N) is 1. The molecule has 2 nitrogen and oxygen atoms in total. The van der Waals surface area contributed by atoms with Gasteiger partial charge in [-0.25, -0.2) is 0 Å². The smallest absolute Gasteiger partial charge is 0.0107 e. The third-order valence-corrected chi connectivity index (χ3v) is 4.25. The van der Waals surface area contributed by atoms with Crippen molar-refractivity contribution in [2.45, 2.75) is 65.3 Å². The van der Waals surface area contributed by atoms with E-state index in [9.17, 15) is 0 Å². The first-order valence-electron chi connectivity index (χ1n) is 7.75. The SMILES string of the molecule is CCCC1CCN(CCNC(CC)CC)CC1. The molecule has 1 N–H and O–H groups in total. The summed E-state index contributed by atoms with van der Waals surface area (Å²) in [5.74, 6) is 1.02. The second kappa shape index (κ2) is 8.93. The Labute approximate surface area is 108 Å². The van der Waals surface area contributed by atoms with Gasteiger partial charge in [0.1, 0.15) is 0 Å². The molecule has 0 bridgehead atoms. The molecule has 1 saturated heterocycles. The Hall–Kier alpha value is -0.0800. The van der Waals surface area contributed by atoms with Gasteiger partial charge in [-0.3, -0.25) is 0 Å². The van der Waals surface area contributed by atoms with Crippen molar-refractivity contribution in [2.75, 3.05) is 26.2 Å². The van der Waals surface area contributed by atoms with Gasteiger partial charge < -0.3 is 10.2 Å². The van der Waals surface area contributed by atoms with Gasteiger partial charge >= 0.3 is 0 Å². The van der Waals surface area contributed by atoms with E-state index in [1.807, 2.05) is 0 Å². The van der Waals surface area contributed by atoms with E-state index in [4.69, 9.17) is 0 Å². The lowest BCUT2D eigenvalue weighted by molar-refractivity contribution is 0.177. The molecule has 0 aliphatic carbocycles. The van der Waals surface area contributed by atoms with E-state index in [-0.39, 0.29) is 0 Å². The minimum Gasteiger partial charge on any atom is -0.313 e. The Morgan fingerprint density at radius 2 is 1.76 bits per heavy atom. The second-order valence-corrected chi connectivity index (χ2v) is 5.54. The van der Waals surface area contributed by atoms with Crippen molar-refractivity contribution in [2.24, 2.45) is 5.92 Å². The standard InChI is InChI=1S/C15H32N2/c1-4-7-14-8-11-17(12-9-14)13-10-16-15(5-2)6-3/h14-16H,4-13H2,1-3H3. The van der Waals surface area contributed by atoms with Crippen molar-refractivity contribution in [1.82, 2.24) is 10.2 Å². The number of hydrogen-bond acceptors (Lipinski definition) is 2. The molecule has 0 saturated carbocycles. The first-order valence-corrected chi connectivity index (χ1v) is 7.75. The zero-order valence-electron chi connectivity index (χ0n) is 12.2. The van der Waals surface area contributed by atoms with Crippen LogP contribution in [0.2, 0.25) is 0 Å². The van der Waals surface area contributed by atoms with Crippen LogP contribution in [0.15, 0.2) is 0 Å². The van der Waals surface area contributed by atoms with Gasteiger partial charge in [-0.2, -0.15) is 0 Å². The molecule has 0 radical (unpaired) electrons. The van der Waals surface area contributed by atoms with Crippen molar-refractivity contribution in [1.29, 1.82) is 0 Å². The lowest BCUT2D eigenvalue weighted by Crippen LogP contribution is -2.40. The van der Waals surface area contributed by atoms with E-state index < -0.39 is 0 Å². The first-order chi connectivity index (χ1) is 8.30. The molecular formula is C15H32N2. The highest BCUT2D eigenvalue weighted by atomic mass is 15.1. The number of likely N-dealkylation sites (tertiary alicyclic amines) is 1. The summed E-state index contributed by atoms with van der Waals surface area (Å²) in [6.45, 7) is 11.9. The van der Waals surface area contributed by atoms with Crippen LogP contribution in [-0.4, -0.2) is 37.1 Å². The van der Waals surface area contributed by atoms with Crippen molar-refractivity contribution in [3.63, 3.8) is 0 Å². The number of hydrogen-bond donors (Lipinski definition) is 1. The largest absolute Gasteiger partial charge is 0.313 e. The van der Waals surface area contributed by atoms with Crippen LogP contribution in [0, 0.1) is 5.92 Å². The third-order valence-electron chi connectivity index (χ3n) is 4.25. The Balaban J connectivity index is 2.06. The fourth-order valence-electron chi connectivity index (χ4n) is 2.91. The molecular weight excluding hydrogens is 208 g/mol. The second-order valence-electron chi connectivity index (χ2n) is 5.54. The molecule has 0 atom stereocenters. The zero-order chi connectivity index (χ0) is 12.5. The molecule has 0 aromatic rings. The molecule has 1 heterocycles. The normalized spacial score (nSPS) is 19.1. The van der Waals surface area contributed by atoms with Gasteiger partial charge in [0.15, 0.2) is 0 Å². The van der Waals surface area contributed by atoms with Gasteiger partial charge in [0.25, 0.3) is 0 Å². The molecule has 0 aromatic carbocycles. The molecule has 17 heavy (non-hydrogen) atoms. The van der Waals surface area contributed by atoms with E-state index in [0.29, 0.717) is 0 Å². The molecule has 1 fully saturated rings. The van der Waals surface area contributed by atoms with Gasteiger partial charge in [-0.15, -0.1) is 0 Å². The highest BCUT2D eigenvalue weighted by Gasteiger charge is 2.17. The summed E-state index contributed by atoms with van der Waals surface area (Å²) in [4.78, 5) is 2.64. The van der Waals surface area contributed by atoms with Crippen LogP contribution in [0.3, 0.4) is 0 Å². The molecule has 102 valence electrons.